The van der Waals surface area contributed by atoms with E-state index in [1.165, 1.54) is 31.4 Å². The Balaban J connectivity index is 1.43. The van der Waals surface area contributed by atoms with Crippen molar-refractivity contribution in [3.05, 3.63) is 46.5 Å². The minimum Gasteiger partial charge on any atom is -0.504 e. The number of β-lactam (4-membered cyclic amide) rings is 1. The average Bonchev–Trinajstić information content (AvgIpc) is 3.40. The summed E-state index contributed by atoms with van der Waals surface area (Å²) in [6.45, 7) is 2.43. The highest BCUT2D eigenvalue weighted by molar-refractivity contribution is 8.00. The Morgan fingerprint density at radius 2 is 1.91 bits per heavy atom. The summed E-state index contributed by atoms with van der Waals surface area (Å²) in [6, 6.07) is 1.21. The molecular formula is C25H21N7O9S3. The number of amides is 2. The number of phenolic OH excluding ortho intramolecular Hbond substituents is 2. The number of hydrogen-bond donors (Lipinski definition) is 6. The van der Waals surface area contributed by atoms with Gasteiger partial charge in [0, 0.05) is 28.2 Å². The van der Waals surface area contributed by atoms with Crippen molar-refractivity contribution < 1.29 is 44.4 Å². The van der Waals surface area contributed by atoms with Gasteiger partial charge in [-0.25, -0.2) is 24.5 Å². The summed E-state index contributed by atoms with van der Waals surface area (Å²) >= 11 is 7.72. The number of carbonyl (C=O) groups excluding carboxylic acids is 2. The molecule has 1 fully saturated rings. The molecule has 7 N–H and O–H groups in total. The van der Waals surface area contributed by atoms with Crippen LogP contribution in [0.4, 0.5) is 5.13 Å². The van der Waals surface area contributed by atoms with Gasteiger partial charge in [-0.15, -0.1) is 23.1 Å². The van der Waals surface area contributed by atoms with Crippen LogP contribution in [-0.4, -0.2) is 97.4 Å². The van der Waals surface area contributed by atoms with Crippen molar-refractivity contribution in [3.8, 4) is 11.5 Å². The summed E-state index contributed by atoms with van der Waals surface area (Å²) in [5.74, 6) is -5.37. The Morgan fingerprint density at radius 3 is 2.55 bits per heavy atom. The fourth-order valence-corrected chi connectivity index (χ4v) is 6.53. The smallest absolute Gasteiger partial charge is 0.353 e. The first-order chi connectivity index (χ1) is 20.7. The lowest BCUT2D eigenvalue weighted by Gasteiger charge is -2.49. The normalized spacial score (nSPS) is 18.5. The van der Waals surface area contributed by atoms with E-state index in [1.807, 2.05) is 0 Å². The number of oxime groups is 1. The molecule has 0 saturated carbocycles. The Labute approximate surface area is 260 Å². The highest BCUT2D eigenvalue weighted by Gasteiger charge is 2.55. The predicted octanol–water partition coefficient (Wildman–Crippen LogP) is 0.820. The highest BCUT2D eigenvalue weighted by Crippen LogP contribution is 2.42. The van der Waals surface area contributed by atoms with Crippen LogP contribution in [0, 0.1) is 0 Å². The number of carboxylic acids is 2. The molecule has 1 saturated heterocycles. The Hall–Kier alpha value is -4.88. The fraction of sp³-hybridized carbons (Fsp3) is 0.240. The van der Waals surface area contributed by atoms with Crippen LogP contribution in [0.15, 0.2) is 40.3 Å². The van der Waals surface area contributed by atoms with E-state index in [0.29, 0.717) is 0 Å². The molecule has 2 amide bonds. The summed E-state index contributed by atoms with van der Waals surface area (Å²) < 4.78 is 0. The molecule has 228 valence electrons. The number of thiocarbonyl (C=S) groups is 1. The number of carbonyl (C=O) groups is 4. The lowest BCUT2D eigenvalue weighted by atomic mass is 9.99. The SMILES string of the molecule is CC(C)(O/N=C(\C(=O)NC1C(=O)N2C(C(=O)O)=C(C(=S)c3ncnc4cc(O)c(O)cc34)CS[C@@H]12)c1csc(N)n1)C(=O)O. The number of fused-ring (bicyclic) bond motifs is 2. The third-order valence-electron chi connectivity index (χ3n) is 6.54. The number of nitrogens with zero attached hydrogens (tertiary/aromatic N) is 5. The molecule has 2 aromatic heterocycles. The zero-order valence-corrected chi connectivity index (χ0v) is 25.0. The second-order valence-electron chi connectivity index (χ2n) is 9.82. The summed E-state index contributed by atoms with van der Waals surface area (Å²) in [4.78, 5) is 68.7. The molecule has 3 aromatic rings. The van der Waals surface area contributed by atoms with Crippen molar-refractivity contribution in [3.63, 3.8) is 0 Å². The van der Waals surface area contributed by atoms with E-state index in [-0.39, 0.29) is 43.6 Å². The Bertz CT molecular complexity index is 1840. The Kier molecular flexibility index (Phi) is 7.87. The lowest BCUT2D eigenvalue weighted by molar-refractivity contribution is -0.161. The van der Waals surface area contributed by atoms with Gasteiger partial charge in [-0.05, 0) is 19.9 Å². The number of aliphatic carboxylic acids is 2. The second-order valence-corrected chi connectivity index (χ2v) is 12.2. The van der Waals surface area contributed by atoms with Gasteiger partial charge in [0.15, 0.2) is 22.3 Å². The molecule has 16 nitrogen and oxygen atoms in total. The number of rotatable bonds is 9. The van der Waals surface area contributed by atoms with Gasteiger partial charge in [-0.1, -0.05) is 17.4 Å². The third kappa shape index (κ3) is 5.35. The van der Waals surface area contributed by atoms with Crippen LogP contribution < -0.4 is 11.1 Å². The lowest BCUT2D eigenvalue weighted by Crippen LogP contribution is -2.71. The topological polar surface area (TPSA) is 251 Å². The summed E-state index contributed by atoms with van der Waals surface area (Å²) in [6.07, 6.45) is 1.16. The van der Waals surface area contributed by atoms with Gasteiger partial charge < -0.3 is 36.3 Å². The Morgan fingerprint density at radius 1 is 1.20 bits per heavy atom. The van der Waals surface area contributed by atoms with Gasteiger partial charge in [0.05, 0.1) is 16.1 Å². The maximum absolute atomic E-state index is 13.3. The number of nitrogens with one attached hydrogen (secondary N) is 1. The number of benzene rings is 1. The molecule has 1 aromatic carbocycles. The third-order valence-corrected chi connectivity index (χ3v) is 8.93. The monoisotopic (exact) mass is 659 g/mol. The number of carboxylic acid groups (broad SMARTS) is 2. The summed E-state index contributed by atoms with van der Waals surface area (Å²) in [7, 11) is 0. The van der Waals surface area contributed by atoms with Gasteiger partial charge in [0.1, 0.15) is 29.1 Å². The molecule has 1 unspecified atom stereocenters. The van der Waals surface area contributed by atoms with E-state index >= 15 is 0 Å². The van der Waals surface area contributed by atoms with E-state index in [4.69, 9.17) is 22.8 Å². The van der Waals surface area contributed by atoms with Crippen LogP contribution in [0.25, 0.3) is 10.9 Å². The van der Waals surface area contributed by atoms with Gasteiger partial charge in [-0.3, -0.25) is 14.5 Å². The van der Waals surface area contributed by atoms with E-state index in [0.717, 1.165) is 34.3 Å². The maximum Gasteiger partial charge on any atom is 0.353 e. The number of nitrogens with two attached hydrogens (primary N) is 1. The number of phenols is 2. The number of hydrogen-bond acceptors (Lipinski definition) is 15. The number of nitrogen functional groups attached to an aromatic ring is 1. The number of thiazole rings is 1. The van der Waals surface area contributed by atoms with Crippen molar-refractivity contribution in [2.45, 2.75) is 30.9 Å². The number of anilines is 1. The minimum atomic E-state index is -1.81. The first kappa shape index (κ1) is 30.6. The number of aromatic nitrogens is 3. The van der Waals surface area contributed by atoms with Gasteiger partial charge in [0.2, 0.25) is 5.60 Å². The minimum absolute atomic E-state index is 0.0102. The van der Waals surface area contributed by atoms with Crippen LogP contribution in [-0.2, 0) is 24.0 Å². The zero-order valence-electron chi connectivity index (χ0n) is 22.5. The molecule has 0 aliphatic carbocycles. The van der Waals surface area contributed by atoms with Gasteiger partial charge in [0.25, 0.3) is 11.8 Å². The highest BCUT2D eigenvalue weighted by atomic mass is 32.2. The molecular weight excluding hydrogens is 639 g/mol. The first-order valence-corrected chi connectivity index (χ1v) is 14.7. The maximum atomic E-state index is 13.3. The van der Waals surface area contributed by atoms with Crippen molar-refractivity contribution in [1.82, 2.24) is 25.2 Å². The summed E-state index contributed by atoms with van der Waals surface area (Å²) in [5.41, 5.74) is 3.45. The molecule has 19 heteroatoms. The molecule has 0 spiro atoms. The standard InChI is InChI=1S/C25H21N7O9S3/c1-25(2,23(39)40)41-31-15(11-6-44-24(26)29-11)19(35)30-16-20(36)32-17(22(37)38)9(5-43-21(16)32)18(42)14-8-3-12(33)13(34)4-10(8)27-7-28-14/h3-4,6-7,16,21,33-34H,5H2,1-2H3,(H2,26,29)(H,30,35)(H,37,38)(H,39,40)/b31-15-/t16?,21-/m0/s1. The molecule has 2 aliphatic rings. The first-order valence-electron chi connectivity index (χ1n) is 12.4. The van der Waals surface area contributed by atoms with E-state index in [1.54, 1.807) is 0 Å². The van der Waals surface area contributed by atoms with Crippen LogP contribution in [0.2, 0.25) is 0 Å². The van der Waals surface area contributed by atoms with Crippen molar-refractivity contribution in [2.75, 3.05) is 11.5 Å². The van der Waals surface area contributed by atoms with Gasteiger partial charge in [-0.2, -0.15) is 0 Å². The van der Waals surface area contributed by atoms with Crippen molar-refractivity contribution in [1.29, 1.82) is 0 Å². The second kappa shape index (κ2) is 11.3. The fourth-order valence-electron chi connectivity index (χ4n) is 4.21. The zero-order chi connectivity index (χ0) is 32.1. The molecule has 4 heterocycles. The molecule has 5 rings (SSSR count). The van der Waals surface area contributed by atoms with Crippen LogP contribution in [0.5, 0.6) is 11.5 Å². The van der Waals surface area contributed by atoms with E-state index < -0.39 is 63.7 Å². The largest absolute Gasteiger partial charge is 0.504 e. The van der Waals surface area contributed by atoms with Crippen LogP contribution >= 0.6 is 35.3 Å². The number of aromatic hydroxyl groups is 2. The molecule has 44 heavy (non-hydrogen) atoms. The molecule has 0 radical (unpaired) electrons. The van der Waals surface area contributed by atoms with Crippen molar-refractivity contribution >= 4 is 85.7 Å². The van der Waals surface area contributed by atoms with E-state index in [2.05, 4.69) is 25.4 Å². The quantitative estimate of drug-likeness (QED) is 0.0464. The predicted molar refractivity (Wildman–Crippen MR) is 160 cm³/mol. The van der Waals surface area contributed by atoms with Crippen LogP contribution in [0.1, 0.15) is 25.2 Å². The summed E-state index contributed by atoms with van der Waals surface area (Å²) in [5, 5.41) is 46.4. The van der Waals surface area contributed by atoms with E-state index in [9.17, 15) is 39.6 Å². The average molecular weight is 660 g/mol. The molecule has 2 atom stereocenters. The molecule has 2 aliphatic heterocycles. The van der Waals surface area contributed by atoms with Crippen molar-refractivity contribution in [2.24, 2.45) is 5.16 Å². The molecule has 0 bridgehead atoms. The van der Waals surface area contributed by atoms with Gasteiger partial charge >= 0.3 is 11.9 Å². The van der Waals surface area contributed by atoms with Crippen LogP contribution in [0.3, 0.4) is 0 Å². The number of thioether (sulfide) groups is 1.